The molecule has 3 heteroatoms. The lowest BCUT2D eigenvalue weighted by Crippen LogP contribution is -2.34. The number of aromatic nitrogens is 1. The van der Waals surface area contributed by atoms with Gasteiger partial charge in [0.15, 0.2) is 0 Å². The molecule has 2 heterocycles. The second kappa shape index (κ2) is 6.74. The second-order valence-electron chi connectivity index (χ2n) is 5.09. The summed E-state index contributed by atoms with van der Waals surface area (Å²) in [5, 5.41) is 3.23. The van der Waals surface area contributed by atoms with Crippen LogP contribution in [0.2, 0.25) is 0 Å². The Balaban J connectivity index is 2.16. The Morgan fingerprint density at radius 1 is 1.44 bits per heavy atom. The molecule has 1 aliphatic rings. The summed E-state index contributed by atoms with van der Waals surface area (Å²) >= 11 is 0. The minimum Gasteiger partial charge on any atom is -0.373 e. The zero-order valence-electron chi connectivity index (χ0n) is 11.7. The third kappa shape index (κ3) is 3.02. The van der Waals surface area contributed by atoms with Crippen LogP contribution in [0, 0.1) is 0 Å². The average Bonchev–Trinajstić information content (AvgIpc) is 2.45. The van der Waals surface area contributed by atoms with E-state index in [-0.39, 0.29) is 0 Å². The minimum atomic E-state index is 0.557. The quantitative estimate of drug-likeness (QED) is 0.863. The van der Waals surface area contributed by atoms with Crippen LogP contribution in [-0.4, -0.2) is 30.0 Å². The van der Waals surface area contributed by atoms with E-state index < -0.39 is 0 Å². The van der Waals surface area contributed by atoms with E-state index in [0.29, 0.717) is 6.04 Å². The van der Waals surface area contributed by atoms with Crippen molar-refractivity contribution in [2.45, 2.75) is 45.1 Å². The maximum Gasteiger partial charge on any atom is 0.130 e. The molecule has 0 aromatic carbocycles. The largest absolute Gasteiger partial charge is 0.373 e. The monoisotopic (exact) mass is 247 g/mol. The van der Waals surface area contributed by atoms with E-state index in [1.807, 2.05) is 13.2 Å². The normalized spacial score (nSPS) is 20.9. The molecule has 0 spiro atoms. The molecule has 0 amide bonds. The van der Waals surface area contributed by atoms with Crippen molar-refractivity contribution in [2.24, 2.45) is 0 Å². The number of pyridine rings is 1. The van der Waals surface area contributed by atoms with Gasteiger partial charge in [0.2, 0.25) is 0 Å². The molecule has 1 saturated heterocycles. The zero-order chi connectivity index (χ0) is 12.8. The van der Waals surface area contributed by atoms with Crippen LogP contribution >= 0.6 is 0 Å². The molecule has 1 aromatic heterocycles. The van der Waals surface area contributed by atoms with Crippen LogP contribution in [0.1, 0.15) is 50.6 Å². The number of likely N-dealkylation sites (tertiary alicyclic amines) is 1. The summed E-state index contributed by atoms with van der Waals surface area (Å²) in [5.74, 6) is 1.05. The lowest BCUT2D eigenvalue weighted by atomic mass is 9.95. The highest BCUT2D eigenvalue weighted by Gasteiger charge is 2.25. The highest BCUT2D eigenvalue weighted by atomic mass is 15.2. The number of hydrogen-bond acceptors (Lipinski definition) is 3. The van der Waals surface area contributed by atoms with Crippen LogP contribution in [0.4, 0.5) is 5.82 Å². The van der Waals surface area contributed by atoms with Crippen LogP contribution < -0.4 is 5.32 Å². The van der Waals surface area contributed by atoms with Gasteiger partial charge >= 0.3 is 0 Å². The summed E-state index contributed by atoms with van der Waals surface area (Å²) in [4.78, 5) is 7.09. The number of hydrogen-bond donors (Lipinski definition) is 1. The Labute approximate surface area is 111 Å². The third-order valence-electron chi connectivity index (χ3n) is 3.85. The van der Waals surface area contributed by atoms with Crippen LogP contribution in [0.15, 0.2) is 18.3 Å². The molecule has 0 unspecified atom stereocenters. The van der Waals surface area contributed by atoms with Gasteiger partial charge in [0.25, 0.3) is 0 Å². The van der Waals surface area contributed by atoms with E-state index in [9.17, 15) is 0 Å². The van der Waals surface area contributed by atoms with Crippen molar-refractivity contribution < 1.29 is 0 Å². The van der Waals surface area contributed by atoms with Gasteiger partial charge in [0.05, 0.1) is 0 Å². The lowest BCUT2D eigenvalue weighted by molar-refractivity contribution is 0.147. The summed E-state index contributed by atoms with van der Waals surface area (Å²) < 4.78 is 0. The fourth-order valence-electron chi connectivity index (χ4n) is 2.87. The molecule has 1 aromatic rings. The molecular weight excluding hydrogens is 222 g/mol. The maximum absolute atomic E-state index is 4.45. The van der Waals surface area contributed by atoms with E-state index in [1.165, 1.54) is 50.8 Å². The summed E-state index contributed by atoms with van der Waals surface area (Å²) in [6.07, 6.45) is 8.39. The molecular formula is C15H25N3. The Morgan fingerprint density at radius 2 is 2.33 bits per heavy atom. The summed E-state index contributed by atoms with van der Waals surface area (Å²) in [5.41, 5.74) is 1.37. The lowest BCUT2D eigenvalue weighted by Gasteiger charge is -2.36. The molecule has 0 bridgehead atoms. The summed E-state index contributed by atoms with van der Waals surface area (Å²) in [6.45, 7) is 4.73. The van der Waals surface area contributed by atoms with E-state index in [1.54, 1.807) is 0 Å². The molecule has 1 aliphatic heterocycles. The number of anilines is 1. The SMILES string of the molecule is CCCCN1CCCC[C@H]1c1cccnc1NC. The standard InChI is InChI=1S/C15H25N3/c1-3-4-11-18-12-6-5-9-14(18)13-8-7-10-17-15(13)16-2/h7-8,10,14H,3-6,9,11-12H2,1-2H3,(H,16,17)/t14-/m0/s1. The van der Waals surface area contributed by atoms with Crippen molar-refractivity contribution in [3.63, 3.8) is 0 Å². The van der Waals surface area contributed by atoms with E-state index in [4.69, 9.17) is 0 Å². The summed E-state index contributed by atoms with van der Waals surface area (Å²) in [6, 6.07) is 4.85. The zero-order valence-corrected chi connectivity index (χ0v) is 11.7. The van der Waals surface area contributed by atoms with Crippen molar-refractivity contribution in [2.75, 3.05) is 25.5 Å². The van der Waals surface area contributed by atoms with E-state index in [0.717, 1.165) is 5.82 Å². The van der Waals surface area contributed by atoms with Gasteiger partial charge in [-0.05, 0) is 38.4 Å². The molecule has 100 valence electrons. The Bertz CT molecular complexity index is 365. The highest BCUT2D eigenvalue weighted by Crippen LogP contribution is 2.33. The molecule has 1 fully saturated rings. The molecule has 0 saturated carbocycles. The van der Waals surface area contributed by atoms with Crippen molar-refractivity contribution in [1.82, 2.24) is 9.88 Å². The molecule has 1 atom stereocenters. The predicted molar refractivity (Wildman–Crippen MR) is 76.9 cm³/mol. The first kappa shape index (κ1) is 13.3. The Kier molecular flexibility index (Phi) is 5.00. The molecule has 0 radical (unpaired) electrons. The summed E-state index contributed by atoms with van der Waals surface area (Å²) in [7, 11) is 1.96. The van der Waals surface area contributed by atoms with Gasteiger partial charge in [0, 0.05) is 24.8 Å². The number of unbranched alkanes of at least 4 members (excludes halogenated alkanes) is 1. The predicted octanol–water partition coefficient (Wildman–Crippen LogP) is 3.45. The van der Waals surface area contributed by atoms with Crippen molar-refractivity contribution in [1.29, 1.82) is 0 Å². The first-order valence-corrected chi connectivity index (χ1v) is 7.23. The van der Waals surface area contributed by atoms with Crippen LogP contribution in [0.25, 0.3) is 0 Å². The molecule has 2 rings (SSSR count). The third-order valence-corrected chi connectivity index (χ3v) is 3.85. The van der Waals surface area contributed by atoms with E-state index >= 15 is 0 Å². The van der Waals surface area contributed by atoms with Gasteiger partial charge in [-0.25, -0.2) is 4.98 Å². The Morgan fingerprint density at radius 3 is 3.11 bits per heavy atom. The van der Waals surface area contributed by atoms with E-state index in [2.05, 4.69) is 34.3 Å². The first-order chi connectivity index (χ1) is 8.86. The molecule has 18 heavy (non-hydrogen) atoms. The fraction of sp³-hybridized carbons (Fsp3) is 0.667. The smallest absolute Gasteiger partial charge is 0.130 e. The fourth-order valence-corrected chi connectivity index (χ4v) is 2.87. The van der Waals surface area contributed by atoms with Crippen molar-refractivity contribution in [3.8, 4) is 0 Å². The van der Waals surface area contributed by atoms with Crippen LogP contribution in [0.5, 0.6) is 0 Å². The average molecular weight is 247 g/mol. The van der Waals surface area contributed by atoms with Crippen LogP contribution in [0.3, 0.4) is 0 Å². The second-order valence-corrected chi connectivity index (χ2v) is 5.09. The number of nitrogens with one attached hydrogen (secondary N) is 1. The van der Waals surface area contributed by atoms with Crippen molar-refractivity contribution in [3.05, 3.63) is 23.9 Å². The molecule has 0 aliphatic carbocycles. The maximum atomic E-state index is 4.45. The number of nitrogens with zero attached hydrogens (tertiary/aromatic N) is 2. The molecule has 3 nitrogen and oxygen atoms in total. The van der Waals surface area contributed by atoms with Crippen molar-refractivity contribution >= 4 is 5.82 Å². The topological polar surface area (TPSA) is 28.2 Å². The Hall–Kier alpha value is -1.09. The highest BCUT2D eigenvalue weighted by molar-refractivity contribution is 5.45. The first-order valence-electron chi connectivity index (χ1n) is 7.23. The van der Waals surface area contributed by atoms with Gasteiger partial charge in [-0.15, -0.1) is 0 Å². The van der Waals surface area contributed by atoms with Gasteiger partial charge < -0.3 is 5.32 Å². The van der Waals surface area contributed by atoms with Gasteiger partial charge in [-0.3, -0.25) is 4.90 Å². The molecule has 1 N–H and O–H groups in total. The van der Waals surface area contributed by atoms with Gasteiger partial charge in [-0.2, -0.15) is 0 Å². The number of piperidine rings is 1. The number of rotatable bonds is 5. The van der Waals surface area contributed by atoms with Gasteiger partial charge in [0.1, 0.15) is 5.82 Å². The van der Waals surface area contributed by atoms with Gasteiger partial charge in [-0.1, -0.05) is 25.8 Å². The van der Waals surface area contributed by atoms with Crippen LogP contribution in [-0.2, 0) is 0 Å². The minimum absolute atomic E-state index is 0.557.